The molecule has 2 N–H and O–H groups in total. The van der Waals surface area contributed by atoms with E-state index in [0.717, 1.165) is 11.3 Å². The maximum Gasteiger partial charge on any atom is 0.336 e. The average molecular weight is 340 g/mol. The molecule has 2 aromatic rings. The molecule has 0 radical (unpaired) electrons. The summed E-state index contributed by atoms with van der Waals surface area (Å²) in [5.41, 5.74) is 2.46. The Hall–Kier alpha value is -1.91. The van der Waals surface area contributed by atoms with Crippen LogP contribution < -0.4 is 10.1 Å². The van der Waals surface area contributed by atoms with Crippen LogP contribution in [0, 0.1) is 6.92 Å². The lowest BCUT2D eigenvalue weighted by atomic mass is 10.1. The van der Waals surface area contributed by atoms with Crippen LogP contribution in [0.5, 0.6) is 5.75 Å². The van der Waals surface area contributed by atoms with Crippen LogP contribution in [0.3, 0.4) is 0 Å². The lowest BCUT2D eigenvalue weighted by Gasteiger charge is -2.15. The number of carboxylic acid groups (broad SMARTS) is 1. The molecule has 0 heterocycles. The van der Waals surface area contributed by atoms with Crippen molar-refractivity contribution in [1.82, 2.24) is 0 Å². The van der Waals surface area contributed by atoms with Gasteiger partial charge in [-0.1, -0.05) is 29.3 Å². The van der Waals surface area contributed by atoms with Crippen LogP contribution in [0.2, 0.25) is 10.0 Å². The third-order valence-electron chi connectivity index (χ3n) is 3.32. The maximum atomic E-state index is 11.2. The fourth-order valence-electron chi connectivity index (χ4n) is 2.22. The Morgan fingerprint density at radius 3 is 2.68 bits per heavy atom. The first-order chi connectivity index (χ1) is 10.4. The molecule has 0 saturated carbocycles. The molecule has 0 bridgehead atoms. The second-order valence-electron chi connectivity index (χ2n) is 4.72. The SMILES string of the molecule is COc1c(Cl)cc(Cl)cc1CNc1cccc(C(=O)O)c1C. The summed E-state index contributed by atoms with van der Waals surface area (Å²) in [6.45, 7) is 2.17. The van der Waals surface area contributed by atoms with Crippen molar-refractivity contribution in [3.05, 3.63) is 57.1 Å². The number of nitrogens with one attached hydrogen (secondary N) is 1. The van der Waals surface area contributed by atoms with Crippen LogP contribution in [0.25, 0.3) is 0 Å². The number of hydrogen-bond donors (Lipinski definition) is 2. The highest BCUT2D eigenvalue weighted by atomic mass is 35.5. The summed E-state index contributed by atoms with van der Waals surface area (Å²) in [6.07, 6.45) is 0. The van der Waals surface area contributed by atoms with E-state index >= 15 is 0 Å². The number of carbonyl (C=O) groups is 1. The number of methoxy groups -OCH3 is 1. The van der Waals surface area contributed by atoms with Gasteiger partial charge in [0.2, 0.25) is 0 Å². The number of hydrogen-bond acceptors (Lipinski definition) is 3. The zero-order chi connectivity index (χ0) is 16.3. The molecule has 0 fully saturated rings. The van der Waals surface area contributed by atoms with Crippen molar-refractivity contribution in [1.29, 1.82) is 0 Å². The number of rotatable bonds is 5. The van der Waals surface area contributed by atoms with E-state index in [9.17, 15) is 4.79 Å². The largest absolute Gasteiger partial charge is 0.495 e. The molecule has 4 nitrogen and oxygen atoms in total. The van der Waals surface area contributed by atoms with Crippen molar-refractivity contribution < 1.29 is 14.6 Å². The van der Waals surface area contributed by atoms with Crippen molar-refractivity contribution in [2.75, 3.05) is 12.4 Å². The van der Waals surface area contributed by atoms with E-state index in [2.05, 4.69) is 5.32 Å². The summed E-state index contributed by atoms with van der Waals surface area (Å²) in [5, 5.41) is 13.3. The van der Waals surface area contributed by atoms with Crippen molar-refractivity contribution in [3.8, 4) is 5.75 Å². The molecule has 0 spiro atoms. The molecule has 0 amide bonds. The van der Waals surface area contributed by atoms with Gasteiger partial charge in [0.1, 0.15) is 5.75 Å². The minimum absolute atomic E-state index is 0.265. The lowest BCUT2D eigenvalue weighted by Crippen LogP contribution is -2.06. The van der Waals surface area contributed by atoms with E-state index in [1.165, 1.54) is 7.11 Å². The molecule has 2 aromatic carbocycles. The predicted octanol–water partition coefficient (Wildman–Crippen LogP) is 4.62. The van der Waals surface area contributed by atoms with E-state index in [1.54, 1.807) is 31.2 Å². The average Bonchev–Trinajstić information content (AvgIpc) is 2.45. The topological polar surface area (TPSA) is 58.6 Å². The van der Waals surface area contributed by atoms with Gasteiger partial charge in [0.25, 0.3) is 0 Å². The first-order valence-corrected chi connectivity index (χ1v) is 7.28. The van der Waals surface area contributed by atoms with E-state index < -0.39 is 5.97 Å². The fourth-order valence-corrected chi connectivity index (χ4v) is 2.84. The molecule has 22 heavy (non-hydrogen) atoms. The highest BCUT2D eigenvalue weighted by Crippen LogP contribution is 2.33. The maximum absolute atomic E-state index is 11.2. The minimum Gasteiger partial charge on any atom is -0.495 e. The van der Waals surface area contributed by atoms with E-state index in [1.807, 2.05) is 6.07 Å². The molecule has 0 aromatic heterocycles. The first kappa shape index (κ1) is 16.5. The number of anilines is 1. The molecular formula is C16H15Cl2NO3. The van der Waals surface area contributed by atoms with Gasteiger partial charge >= 0.3 is 5.97 Å². The molecule has 0 aliphatic carbocycles. The predicted molar refractivity (Wildman–Crippen MR) is 88.5 cm³/mol. The second-order valence-corrected chi connectivity index (χ2v) is 5.56. The minimum atomic E-state index is -0.954. The monoisotopic (exact) mass is 339 g/mol. The third kappa shape index (κ3) is 3.46. The summed E-state index contributed by atoms with van der Waals surface area (Å²) in [7, 11) is 1.54. The quantitative estimate of drug-likeness (QED) is 0.834. The molecule has 2 rings (SSSR count). The number of ether oxygens (including phenoxy) is 1. The van der Waals surface area contributed by atoms with Crippen LogP contribution in [-0.4, -0.2) is 18.2 Å². The Morgan fingerprint density at radius 1 is 1.32 bits per heavy atom. The van der Waals surface area contributed by atoms with Crippen molar-refractivity contribution >= 4 is 34.9 Å². The van der Waals surface area contributed by atoms with Gasteiger partial charge in [-0.25, -0.2) is 4.79 Å². The molecule has 0 saturated heterocycles. The summed E-state index contributed by atoms with van der Waals surface area (Å²) in [4.78, 5) is 11.2. The fraction of sp³-hybridized carbons (Fsp3) is 0.188. The Morgan fingerprint density at radius 2 is 2.05 bits per heavy atom. The number of carboxylic acids is 1. The van der Waals surface area contributed by atoms with Crippen molar-refractivity contribution in [3.63, 3.8) is 0 Å². The van der Waals surface area contributed by atoms with Crippen LogP contribution in [-0.2, 0) is 6.54 Å². The van der Waals surface area contributed by atoms with Crippen LogP contribution >= 0.6 is 23.2 Å². The number of benzene rings is 2. The van der Waals surface area contributed by atoms with Crippen LogP contribution in [0.15, 0.2) is 30.3 Å². The molecule has 0 aliphatic heterocycles. The summed E-state index contributed by atoms with van der Waals surface area (Å²) in [6, 6.07) is 8.46. The molecule has 0 aliphatic rings. The summed E-state index contributed by atoms with van der Waals surface area (Å²) >= 11 is 12.1. The summed E-state index contributed by atoms with van der Waals surface area (Å²) in [5.74, 6) is -0.407. The Kier molecular flexibility index (Phi) is 5.16. The summed E-state index contributed by atoms with van der Waals surface area (Å²) < 4.78 is 5.29. The standard InChI is InChI=1S/C16H15Cl2NO3/c1-9-12(16(20)21)4-3-5-14(9)19-8-10-6-11(17)7-13(18)15(10)22-2/h3-7,19H,8H2,1-2H3,(H,20,21). The van der Waals surface area contributed by atoms with Gasteiger partial charge in [-0.05, 0) is 36.8 Å². The lowest BCUT2D eigenvalue weighted by molar-refractivity contribution is 0.0696. The smallest absolute Gasteiger partial charge is 0.336 e. The molecule has 6 heteroatoms. The van der Waals surface area contributed by atoms with Crippen molar-refractivity contribution in [2.24, 2.45) is 0 Å². The van der Waals surface area contributed by atoms with E-state index in [-0.39, 0.29) is 5.56 Å². The first-order valence-electron chi connectivity index (χ1n) is 6.52. The highest BCUT2D eigenvalue weighted by Gasteiger charge is 2.12. The van der Waals surface area contributed by atoms with Crippen molar-refractivity contribution in [2.45, 2.75) is 13.5 Å². The normalized spacial score (nSPS) is 10.4. The zero-order valence-corrected chi connectivity index (χ0v) is 13.6. The second kappa shape index (κ2) is 6.90. The molecule has 116 valence electrons. The Labute approximate surface area is 138 Å². The van der Waals surface area contributed by atoms with Gasteiger partial charge in [0.15, 0.2) is 0 Å². The number of halogens is 2. The van der Waals surface area contributed by atoms with Crippen LogP contribution in [0.1, 0.15) is 21.5 Å². The number of aromatic carboxylic acids is 1. The Bertz CT molecular complexity index is 717. The Balaban J connectivity index is 2.28. The highest BCUT2D eigenvalue weighted by molar-refractivity contribution is 6.35. The zero-order valence-electron chi connectivity index (χ0n) is 12.1. The molecule has 0 atom stereocenters. The molecule has 0 unspecified atom stereocenters. The van der Waals surface area contributed by atoms with Gasteiger partial charge in [-0.3, -0.25) is 0 Å². The van der Waals surface area contributed by atoms with Crippen LogP contribution in [0.4, 0.5) is 5.69 Å². The van der Waals surface area contributed by atoms with Gasteiger partial charge < -0.3 is 15.2 Å². The van der Waals surface area contributed by atoms with E-state index in [4.69, 9.17) is 33.0 Å². The van der Waals surface area contributed by atoms with Gasteiger partial charge in [-0.15, -0.1) is 0 Å². The third-order valence-corrected chi connectivity index (χ3v) is 3.82. The van der Waals surface area contributed by atoms with E-state index in [0.29, 0.717) is 27.9 Å². The van der Waals surface area contributed by atoms with Gasteiger partial charge in [0.05, 0.1) is 17.7 Å². The van der Waals surface area contributed by atoms with Gasteiger partial charge in [-0.2, -0.15) is 0 Å². The molecular weight excluding hydrogens is 325 g/mol. The van der Waals surface area contributed by atoms with Gasteiger partial charge in [0, 0.05) is 22.8 Å².